The van der Waals surface area contributed by atoms with E-state index >= 15 is 0 Å². The number of hydrogen-bond donors (Lipinski definition) is 1. The van der Waals surface area contributed by atoms with Gasteiger partial charge < -0.3 is 4.57 Å². The molecule has 0 saturated carbocycles. The van der Waals surface area contributed by atoms with Gasteiger partial charge in [-0.15, -0.1) is 0 Å². The second-order valence-electron chi connectivity index (χ2n) is 9.15. The minimum atomic E-state index is -0.564. The van der Waals surface area contributed by atoms with Crippen LogP contribution < -0.4 is 10.2 Å². The van der Waals surface area contributed by atoms with Gasteiger partial charge in [-0.05, 0) is 59.8 Å². The van der Waals surface area contributed by atoms with E-state index in [1.165, 1.54) is 4.90 Å². The molecule has 0 aliphatic carbocycles. The fourth-order valence-electron chi connectivity index (χ4n) is 4.86. The quantitative estimate of drug-likeness (QED) is 0.140. The molecule has 1 N–H and O–H groups in total. The molecular formula is C33H22ClN3O2S. The number of carbonyl (C=O) groups is 2. The highest BCUT2D eigenvalue weighted by atomic mass is 35.5. The van der Waals surface area contributed by atoms with Crippen molar-refractivity contribution >= 4 is 52.5 Å². The van der Waals surface area contributed by atoms with Crippen LogP contribution in [-0.2, 0) is 9.59 Å². The van der Waals surface area contributed by atoms with E-state index in [-0.39, 0.29) is 10.7 Å². The molecule has 0 atom stereocenters. The highest BCUT2D eigenvalue weighted by Crippen LogP contribution is 2.38. The van der Waals surface area contributed by atoms with Crippen molar-refractivity contribution in [2.45, 2.75) is 0 Å². The van der Waals surface area contributed by atoms with Crippen molar-refractivity contribution in [3.8, 4) is 28.2 Å². The maximum Gasteiger partial charge on any atom is 0.270 e. The first-order chi connectivity index (χ1) is 19.5. The van der Waals surface area contributed by atoms with E-state index in [1.54, 1.807) is 30.3 Å². The Kier molecular flexibility index (Phi) is 6.86. The molecule has 40 heavy (non-hydrogen) atoms. The number of aromatic nitrogens is 1. The lowest BCUT2D eigenvalue weighted by atomic mass is 10.0. The normalized spacial score (nSPS) is 14.5. The van der Waals surface area contributed by atoms with Crippen LogP contribution >= 0.6 is 23.8 Å². The molecule has 0 radical (unpaired) electrons. The zero-order chi connectivity index (χ0) is 27.6. The summed E-state index contributed by atoms with van der Waals surface area (Å²) in [6.07, 6.45) is 1.64. The maximum atomic E-state index is 13.8. The molecule has 5 aromatic rings. The van der Waals surface area contributed by atoms with Crippen molar-refractivity contribution in [3.63, 3.8) is 0 Å². The van der Waals surface area contributed by atoms with Crippen LogP contribution in [-0.4, -0.2) is 21.5 Å². The third-order valence-corrected chi connectivity index (χ3v) is 7.26. The molecule has 2 heterocycles. The fraction of sp³-hybridized carbons (Fsp3) is 0. The lowest BCUT2D eigenvalue weighted by Gasteiger charge is -2.29. The molecular weight excluding hydrogens is 538 g/mol. The number of anilines is 1. The molecule has 6 rings (SSSR count). The van der Waals surface area contributed by atoms with Gasteiger partial charge >= 0.3 is 0 Å². The number of hydrogen-bond acceptors (Lipinski definition) is 3. The third kappa shape index (κ3) is 4.64. The van der Waals surface area contributed by atoms with Crippen LogP contribution in [0.4, 0.5) is 5.69 Å². The Balaban J connectivity index is 1.60. The Labute approximate surface area is 242 Å². The lowest BCUT2D eigenvalue weighted by Crippen LogP contribution is -2.54. The Morgan fingerprint density at radius 1 is 0.725 bits per heavy atom. The van der Waals surface area contributed by atoms with Gasteiger partial charge in [0.25, 0.3) is 11.8 Å². The monoisotopic (exact) mass is 559 g/mol. The van der Waals surface area contributed by atoms with Gasteiger partial charge in [-0.1, -0.05) is 103 Å². The van der Waals surface area contributed by atoms with E-state index in [0.717, 1.165) is 28.2 Å². The topological polar surface area (TPSA) is 54.3 Å². The number of para-hydroxylation sites is 2. The molecule has 1 saturated heterocycles. The standard InChI is InChI=1S/C33H22ClN3O2S/c34-27-18-10-11-19-28(27)37-32(39)26(31(38)35-33(37)40)20-24-21-29(22-12-4-1-5-13-22)36(25-16-8-3-9-17-25)30(24)23-14-6-2-7-15-23/h1-21H,(H,35,38,40)/b26-20-. The lowest BCUT2D eigenvalue weighted by molar-refractivity contribution is -0.122. The molecule has 2 amide bonds. The molecule has 0 spiro atoms. The number of amides is 2. The Hall–Kier alpha value is -4.78. The van der Waals surface area contributed by atoms with Gasteiger partial charge in [-0.25, -0.2) is 0 Å². The van der Waals surface area contributed by atoms with Gasteiger partial charge in [0, 0.05) is 11.3 Å². The Morgan fingerprint density at radius 2 is 1.30 bits per heavy atom. The molecule has 194 valence electrons. The molecule has 5 nitrogen and oxygen atoms in total. The number of carbonyl (C=O) groups excluding carboxylic acids is 2. The van der Waals surface area contributed by atoms with E-state index in [1.807, 2.05) is 97.1 Å². The van der Waals surface area contributed by atoms with Crippen molar-refractivity contribution in [3.05, 3.63) is 137 Å². The molecule has 1 aliphatic rings. The first kappa shape index (κ1) is 25.5. The van der Waals surface area contributed by atoms with Gasteiger partial charge in [-0.3, -0.25) is 19.8 Å². The van der Waals surface area contributed by atoms with Crippen LogP contribution in [0.2, 0.25) is 5.02 Å². The van der Waals surface area contributed by atoms with Gasteiger partial charge in [-0.2, -0.15) is 0 Å². The first-order valence-corrected chi connectivity index (χ1v) is 13.4. The number of halogens is 1. The smallest absolute Gasteiger partial charge is 0.270 e. The number of thiocarbonyl (C=S) groups is 1. The molecule has 1 fully saturated rings. The SMILES string of the molecule is O=C1NC(=S)N(c2ccccc2Cl)C(=O)/C1=C\c1cc(-c2ccccc2)n(-c2ccccc2)c1-c1ccccc1. The average Bonchev–Trinajstić information content (AvgIpc) is 3.37. The van der Waals surface area contributed by atoms with Crippen molar-refractivity contribution in [2.75, 3.05) is 4.90 Å². The largest absolute Gasteiger partial charge is 0.309 e. The summed E-state index contributed by atoms with van der Waals surface area (Å²) in [5.74, 6) is -1.11. The van der Waals surface area contributed by atoms with Crippen LogP contribution in [0, 0.1) is 0 Å². The Morgan fingerprint density at radius 3 is 1.95 bits per heavy atom. The number of rotatable bonds is 5. The summed E-state index contributed by atoms with van der Waals surface area (Å²) in [5.41, 5.74) is 5.70. The van der Waals surface area contributed by atoms with E-state index in [9.17, 15) is 9.59 Å². The first-order valence-electron chi connectivity index (χ1n) is 12.6. The van der Waals surface area contributed by atoms with Gasteiger partial charge in [0.1, 0.15) is 5.57 Å². The summed E-state index contributed by atoms with van der Waals surface area (Å²) in [5, 5.41) is 2.99. The molecule has 4 aromatic carbocycles. The third-order valence-electron chi connectivity index (χ3n) is 6.66. The van der Waals surface area contributed by atoms with Gasteiger partial charge in [0.15, 0.2) is 5.11 Å². The average molecular weight is 560 g/mol. The minimum Gasteiger partial charge on any atom is -0.309 e. The molecule has 1 aromatic heterocycles. The van der Waals surface area contributed by atoms with Gasteiger partial charge in [0.2, 0.25) is 0 Å². The molecule has 1 aliphatic heterocycles. The van der Waals surface area contributed by atoms with Crippen molar-refractivity contribution in [1.82, 2.24) is 9.88 Å². The zero-order valence-corrected chi connectivity index (χ0v) is 22.7. The summed E-state index contributed by atoms with van der Waals surface area (Å²) >= 11 is 11.8. The van der Waals surface area contributed by atoms with Gasteiger partial charge in [0.05, 0.1) is 22.1 Å². The van der Waals surface area contributed by atoms with Crippen LogP contribution in [0.1, 0.15) is 5.56 Å². The highest BCUT2D eigenvalue weighted by molar-refractivity contribution is 7.80. The maximum absolute atomic E-state index is 13.8. The highest BCUT2D eigenvalue weighted by Gasteiger charge is 2.36. The minimum absolute atomic E-state index is 0.0182. The second kappa shape index (κ2) is 10.8. The van der Waals surface area contributed by atoms with Crippen LogP contribution in [0.3, 0.4) is 0 Å². The van der Waals surface area contributed by atoms with Crippen LogP contribution in [0.25, 0.3) is 34.3 Å². The van der Waals surface area contributed by atoms with Crippen LogP contribution in [0.15, 0.2) is 127 Å². The van der Waals surface area contributed by atoms with Crippen molar-refractivity contribution < 1.29 is 9.59 Å². The molecule has 0 unspecified atom stereocenters. The number of benzene rings is 4. The van der Waals surface area contributed by atoms with Crippen LogP contribution in [0.5, 0.6) is 0 Å². The predicted molar refractivity (Wildman–Crippen MR) is 164 cm³/mol. The van der Waals surface area contributed by atoms with E-state index in [0.29, 0.717) is 16.3 Å². The zero-order valence-electron chi connectivity index (χ0n) is 21.1. The number of nitrogens with zero attached hydrogens (tertiary/aromatic N) is 2. The Bertz CT molecular complexity index is 1780. The summed E-state index contributed by atoms with van der Waals surface area (Å²) in [6.45, 7) is 0. The fourth-order valence-corrected chi connectivity index (χ4v) is 5.36. The van der Waals surface area contributed by atoms with Crippen molar-refractivity contribution in [2.24, 2.45) is 0 Å². The van der Waals surface area contributed by atoms with Crippen molar-refractivity contribution in [1.29, 1.82) is 0 Å². The predicted octanol–water partition coefficient (Wildman–Crippen LogP) is 7.30. The van der Waals surface area contributed by atoms with E-state index in [4.69, 9.17) is 23.8 Å². The second-order valence-corrected chi connectivity index (χ2v) is 9.94. The summed E-state index contributed by atoms with van der Waals surface area (Å²) < 4.78 is 2.15. The summed E-state index contributed by atoms with van der Waals surface area (Å²) in [7, 11) is 0. The van der Waals surface area contributed by atoms with E-state index < -0.39 is 11.8 Å². The van der Waals surface area contributed by atoms with E-state index in [2.05, 4.69) is 9.88 Å². The molecule has 0 bridgehead atoms. The summed E-state index contributed by atoms with van der Waals surface area (Å²) in [6, 6.07) is 38.8. The summed E-state index contributed by atoms with van der Waals surface area (Å²) in [4.78, 5) is 28.3. The molecule has 7 heteroatoms. The number of nitrogens with one attached hydrogen (secondary N) is 1.